The van der Waals surface area contributed by atoms with Gasteiger partial charge in [-0.3, -0.25) is 28.8 Å². The molecule has 78 heavy (non-hydrogen) atoms. The fourth-order valence-corrected chi connectivity index (χ4v) is 13.0. The molecule has 0 N–H and O–H groups in total. The van der Waals surface area contributed by atoms with Crippen LogP contribution in [-0.2, 0) is 28.8 Å². The van der Waals surface area contributed by atoms with Crippen molar-refractivity contribution in [2.45, 2.75) is 157 Å². The van der Waals surface area contributed by atoms with Gasteiger partial charge in [-0.25, -0.2) is 0 Å². The molecule has 0 saturated heterocycles. The molecule has 0 fully saturated rings. The van der Waals surface area contributed by atoms with Crippen LogP contribution in [0.5, 0.6) is 34.5 Å². The van der Waals surface area contributed by atoms with E-state index in [2.05, 4.69) is 41.5 Å². The predicted octanol–water partition coefficient (Wildman–Crippen LogP) is 16.1. The number of carbonyl (C=O) groups excluding carboxylic acids is 6. The highest BCUT2D eigenvalue weighted by molar-refractivity contribution is 8.00. The lowest BCUT2D eigenvalue weighted by atomic mass is 9.93. The van der Waals surface area contributed by atoms with E-state index in [-0.39, 0.29) is 73.0 Å². The van der Waals surface area contributed by atoms with Crippen molar-refractivity contribution in [2.24, 2.45) is 0 Å². The van der Waals surface area contributed by atoms with Crippen LogP contribution in [0.4, 0.5) is 0 Å². The minimum atomic E-state index is -0.503. The van der Waals surface area contributed by atoms with E-state index in [1.54, 1.807) is 107 Å². The zero-order valence-corrected chi connectivity index (χ0v) is 51.9. The lowest BCUT2D eigenvalue weighted by molar-refractivity contribution is -0.137. The fraction of sp³-hybridized carbons (Fsp3) is 0.600. The molecular weight excluding hydrogens is 1110 g/mol. The van der Waals surface area contributed by atoms with E-state index in [4.69, 9.17) is 28.4 Å². The van der Waals surface area contributed by atoms with Crippen LogP contribution in [0.15, 0.2) is 36.4 Å². The molecular formula is C60H84O12S6. The quantitative estimate of drug-likeness (QED) is 0.0178. The second kappa shape index (κ2) is 39.9. The molecule has 0 heterocycles. The minimum Gasteiger partial charge on any atom is -0.422 e. The number of esters is 6. The Hall–Kier alpha value is -3.42. The van der Waals surface area contributed by atoms with Gasteiger partial charge in [-0.2, -0.15) is 70.6 Å². The SMILES string of the molecule is CCCSCCCC(=O)Oc1cc2c3cc(OC(=O)CCCSCCC)c(OC(=O)CCCSCCC)cc3c3cc(OC(=O)CCCSCCC)c(OC(=O)CCCSCCC)cc3c2cc1OC(=O)CCCSCCC. The lowest BCUT2D eigenvalue weighted by Gasteiger charge is -2.19. The van der Waals surface area contributed by atoms with Crippen LogP contribution >= 0.6 is 70.6 Å². The molecule has 0 aliphatic carbocycles. The highest BCUT2D eigenvalue weighted by Crippen LogP contribution is 2.48. The third-order valence-corrected chi connectivity index (χ3v) is 19.2. The number of hydrogen-bond donors (Lipinski definition) is 0. The second-order valence-electron chi connectivity index (χ2n) is 18.7. The smallest absolute Gasteiger partial charge is 0.311 e. The summed E-state index contributed by atoms with van der Waals surface area (Å²) in [7, 11) is 0. The number of ether oxygens (including phenoxy) is 6. The van der Waals surface area contributed by atoms with Gasteiger partial charge in [0.25, 0.3) is 0 Å². The maximum atomic E-state index is 13.7. The van der Waals surface area contributed by atoms with Gasteiger partial charge >= 0.3 is 35.8 Å². The van der Waals surface area contributed by atoms with Gasteiger partial charge in [-0.05, 0) is 215 Å². The van der Waals surface area contributed by atoms with E-state index in [0.717, 1.165) is 108 Å². The minimum absolute atomic E-state index is 0.0119. The lowest BCUT2D eigenvalue weighted by Crippen LogP contribution is -2.13. The van der Waals surface area contributed by atoms with E-state index in [1.807, 2.05) is 0 Å². The van der Waals surface area contributed by atoms with E-state index >= 15 is 0 Å². The maximum Gasteiger partial charge on any atom is 0.311 e. The van der Waals surface area contributed by atoms with Gasteiger partial charge < -0.3 is 28.4 Å². The number of rotatable bonds is 42. The summed E-state index contributed by atoms with van der Waals surface area (Å²) in [5, 5.41) is 2.96. The molecule has 0 radical (unpaired) electrons. The molecule has 0 atom stereocenters. The summed E-state index contributed by atoms with van der Waals surface area (Å²) in [5.41, 5.74) is 0. The van der Waals surface area contributed by atoms with Gasteiger partial charge in [0.1, 0.15) is 0 Å². The van der Waals surface area contributed by atoms with E-state index in [1.165, 1.54) is 0 Å². The first-order valence-corrected chi connectivity index (χ1v) is 35.1. The van der Waals surface area contributed by atoms with Gasteiger partial charge in [-0.15, -0.1) is 0 Å². The van der Waals surface area contributed by atoms with Crippen molar-refractivity contribution in [3.8, 4) is 34.5 Å². The molecule has 4 aromatic rings. The summed E-state index contributed by atoms with van der Waals surface area (Å²) in [6, 6.07) is 9.84. The monoisotopic (exact) mass is 1190 g/mol. The molecule has 0 aliphatic heterocycles. The Labute approximate surface area is 489 Å². The average Bonchev–Trinajstić information content (AvgIpc) is 3.58. The summed E-state index contributed by atoms with van der Waals surface area (Å²) in [6.45, 7) is 12.7. The van der Waals surface area contributed by atoms with Crippen LogP contribution in [0.25, 0.3) is 32.3 Å². The highest BCUT2D eigenvalue weighted by atomic mass is 32.2. The summed E-state index contributed by atoms with van der Waals surface area (Å²) >= 11 is 10.6. The third kappa shape index (κ3) is 24.7. The predicted molar refractivity (Wildman–Crippen MR) is 334 cm³/mol. The highest BCUT2D eigenvalue weighted by Gasteiger charge is 2.25. The van der Waals surface area contributed by atoms with E-state index < -0.39 is 35.8 Å². The van der Waals surface area contributed by atoms with Crippen molar-refractivity contribution in [2.75, 3.05) is 69.0 Å². The van der Waals surface area contributed by atoms with Gasteiger partial charge in [0.2, 0.25) is 0 Å². The Kier molecular flexibility index (Phi) is 34.3. The number of carbonyl (C=O) groups is 6. The van der Waals surface area contributed by atoms with Gasteiger partial charge in [0.05, 0.1) is 0 Å². The van der Waals surface area contributed by atoms with Crippen molar-refractivity contribution < 1.29 is 57.2 Å². The molecule has 0 aliphatic rings. The standard InChI is InChI=1S/C60H84O12S6/c1-7-25-73-31-13-19-55(61)67-49-37-43-44(38-50(49)68-56(62)20-14-32-74-26-8-2)46-40-52(70-58(64)22-16-34-76-28-10-4)54(72-60(66)24-18-36-78-30-12-6)42-48(46)47-41-53(71-59(65)23-17-35-77-29-11-5)51(39-45(43)47)69-57(63)21-15-33-75-27-9-3/h37-42H,7-36H2,1-6H3. The van der Waals surface area contributed by atoms with Crippen LogP contribution in [0.2, 0.25) is 0 Å². The van der Waals surface area contributed by atoms with Crippen LogP contribution in [0.3, 0.4) is 0 Å². The summed E-state index contributed by atoms with van der Waals surface area (Å²) in [4.78, 5) is 82.2. The Bertz CT molecular complexity index is 2050. The summed E-state index contributed by atoms with van der Waals surface area (Å²) < 4.78 is 36.7. The Morgan fingerprint density at radius 3 is 0.526 bits per heavy atom. The molecule has 0 unspecified atom stereocenters. The Morgan fingerprint density at radius 2 is 0.397 bits per heavy atom. The zero-order chi connectivity index (χ0) is 56.3. The van der Waals surface area contributed by atoms with Crippen LogP contribution in [-0.4, -0.2) is 105 Å². The molecule has 0 spiro atoms. The molecule has 432 valence electrons. The van der Waals surface area contributed by atoms with Crippen molar-refractivity contribution in [1.29, 1.82) is 0 Å². The molecule has 18 heteroatoms. The number of fused-ring (bicyclic) bond motifs is 6. The summed E-state index contributed by atoms with van der Waals surface area (Å²) in [5.74, 6) is 7.59. The second-order valence-corrected chi connectivity index (χ2v) is 26.0. The summed E-state index contributed by atoms with van der Waals surface area (Å²) in [6.07, 6.45) is 10.4. The molecule has 0 aromatic heterocycles. The third-order valence-electron chi connectivity index (χ3n) is 11.6. The number of hydrogen-bond acceptors (Lipinski definition) is 18. The first-order chi connectivity index (χ1) is 38.0. The topological polar surface area (TPSA) is 158 Å². The van der Waals surface area contributed by atoms with Crippen molar-refractivity contribution >= 4 is 139 Å². The Morgan fingerprint density at radius 1 is 0.256 bits per heavy atom. The zero-order valence-electron chi connectivity index (χ0n) is 47.0. The average molecular weight is 1190 g/mol. The first-order valence-electron chi connectivity index (χ1n) is 28.2. The molecule has 4 aromatic carbocycles. The first kappa shape index (κ1) is 67.1. The molecule has 12 nitrogen and oxygen atoms in total. The van der Waals surface area contributed by atoms with Crippen molar-refractivity contribution in [3.05, 3.63) is 36.4 Å². The van der Waals surface area contributed by atoms with Crippen molar-refractivity contribution in [3.63, 3.8) is 0 Å². The van der Waals surface area contributed by atoms with Gasteiger partial charge in [0.15, 0.2) is 34.5 Å². The fourth-order valence-electron chi connectivity index (χ4n) is 7.93. The Balaban J connectivity index is 2.05. The molecule has 0 saturated carbocycles. The number of benzene rings is 4. The molecule has 0 amide bonds. The van der Waals surface area contributed by atoms with Crippen LogP contribution in [0.1, 0.15) is 157 Å². The maximum absolute atomic E-state index is 13.7. The molecule has 4 rings (SSSR count). The normalized spacial score (nSPS) is 11.3. The van der Waals surface area contributed by atoms with Crippen LogP contribution < -0.4 is 28.4 Å². The van der Waals surface area contributed by atoms with E-state index in [9.17, 15) is 28.8 Å². The van der Waals surface area contributed by atoms with E-state index in [0.29, 0.717) is 70.8 Å². The number of thioether (sulfide) groups is 6. The largest absolute Gasteiger partial charge is 0.422 e. The van der Waals surface area contributed by atoms with Gasteiger partial charge in [-0.1, -0.05) is 41.5 Å². The molecule has 0 bridgehead atoms. The van der Waals surface area contributed by atoms with Gasteiger partial charge in [0, 0.05) is 38.5 Å². The van der Waals surface area contributed by atoms with Crippen molar-refractivity contribution in [1.82, 2.24) is 0 Å². The van der Waals surface area contributed by atoms with Crippen LogP contribution in [0, 0.1) is 0 Å².